The summed E-state index contributed by atoms with van der Waals surface area (Å²) in [5, 5.41) is 0. The predicted molar refractivity (Wildman–Crippen MR) is 104 cm³/mol. The molecule has 4 rings (SSSR count). The standard InChI is InChI=1S/C22H23FN2O2/c23-19-6-3-17(4-7-19)14-18-9-12-25(13-10-18)11-1-2-16-5-8-20-21(15-16)27-22(26)24-20/h1,3-8,11,15,18H,2,9-10,12-14H2,(H,24,26). The number of oxazole rings is 1. The summed E-state index contributed by atoms with van der Waals surface area (Å²) >= 11 is 0. The van der Waals surface area contributed by atoms with Gasteiger partial charge in [-0.3, -0.25) is 4.98 Å². The molecule has 0 radical (unpaired) electrons. The van der Waals surface area contributed by atoms with E-state index in [1.807, 2.05) is 30.3 Å². The number of hydrogen-bond acceptors (Lipinski definition) is 3. The average Bonchev–Trinajstić information content (AvgIpc) is 3.04. The van der Waals surface area contributed by atoms with Gasteiger partial charge in [0.05, 0.1) is 5.52 Å². The van der Waals surface area contributed by atoms with Gasteiger partial charge in [0.15, 0.2) is 5.58 Å². The summed E-state index contributed by atoms with van der Waals surface area (Å²) < 4.78 is 18.1. The Morgan fingerprint density at radius 2 is 1.85 bits per heavy atom. The van der Waals surface area contributed by atoms with Gasteiger partial charge in [-0.1, -0.05) is 24.3 Å². The molecule has 27 heavy (non-hydrogen) atoms. The van der Waals surface area contributed by atoms with Crippen molar-refractivity contribution in [2.45, 2.75) is 25.7 Å². The van der Waals surface area contributed by atoms with Gasteiger partial charge in [-0.25, -0.2) is 9.18 Å². The van der Waals surface area contributed by atoms with Gasteiger partial charge < -0.3 is 9.32 Å². The van der Waals surface area contributed by atoms with Crippen molar-refractivity contribution in [2.24, 2.45) is 5.92 Å². The van der Waals surface area contributed by atoms with Crippen LogP contribution in [0, 0.1) is 11.7 Å². The molecular formula is C22H23FN2O2. The molecule has 3 aromatic rings. The number of likely N-dealkylation sites (tertiary alicyclic amines) is 1. The molecule has 2 aromatic carbocycles. The molecule has 4 nitrogen and oxygen atoms in total. The smallest absolute Gasteiger partial charge is 0.408 e. The number of fused-ring (bicyclic) bond motifs is 1. The van der Waals surface area contributed by atoms with Crippen molar-refractivity contribution in [3.63, 3.8) is 0 Å². The molecule has 0 unspecified atom stereocenters. The van der Waals surface area contributed by atoms with Gasteiger partial charge in [0, 0.05) is 13.1 Å². The minimum Gasteiger partial charge on any atom is -0.408 e. The lowest BCUT2D eigenvalue weighted by atomic mass is 9.90. The Balaban J connectivity index is 1.26. The lowest BCUT2D eigenvalue weighted by Gasteiger charge is -2.31. The molecule has 1 aromatic heterocycles. The SMILES string of the molecule is O=c1[nH]c2ccc(CC=CN3CCC(Cc4ccc(F)cc4)CC3)cc2o1. The molecule has 1 N–H and O–H groups in total. The van der Waals surface area contributed by atoms with Gasteiger partial charge in [0.2, 0.25) is 0 Å². The fourth-order valence-electron chi connectivity index (χ4n) is 3.71. The van der Waals surface area contributed by atoms with Crippen LogP contribution in [0.15, 0.2) is 64.0 Å². The zero-order valence-electron chi connectivity index (χ0n) is 15.2. The van der Waals surface area contributed by atoms with E-state index in [0.29, 0.717) is 11.5 Å². The third kappa shape index (κ3) is 4.48. The van der Waals surface area contributed by atoms with Gasteiger partial charge >= 0.3 is 5.76 Å². The first-order chi connectivity index (χ1) is 13.2. The monoisotopic (exact) mass is 366 g/mol. The minimum atomic E-state index is -0.416. The first-order valence-electron chi connectivity index (χ1n) is 9.42. The van der Waals surface area contributed by atoms with Crippen molar-refractivity contribution >= 4 is 11.1 Å². The number of aromatic nitrogens is 1. The molecule has 1 aliphatic heterocycles. The first kappa shape index (κ1) is 17.6. The summed E-state index contributed by atoms with van der Waals surface area (Å²) in [6, 6.07) is 12.7. The highest BCUT2D eigenvalue weighted by Gasteiger charge is 2.17. The van der Waals surface area contributed by atoms with Crippen LogP contribution in [0.4, 0.5) is 4.39 Å². The number of benzene rings is 2. The van der Waals surface area contributed by atoms with Gasteiger partial charge in [0.1, 0.15) is 5.82 Å². The summed E-state index contributed by atoms with van der Waals surface area (Å²) in [4.78, 5) is 16.2. The lowest BCUT2D eigenvalue weighted by molar-refractivity contribution is 0.242. The Morgan fingerprint density at radius 1 is 1.11 bits per heavy atom. The molecule has 140 valence electrons. The molecule has 1 aliphatic rings. The van der Waals surface area contributed by atoms with Gasteiger partial charge in [0.25, 0.3) is 0 Å². The Morgan fingerprint density at radius 3 is 2.63 bits per heavy atom. The second-order valence-electron chi connectivity index (χ2n) is 7.24. The summed E-state index contributed by atoms with van der Waals surface area (Å²) in [6.45, 7) is 2.10. The zero-order valence-corrected chi connectivity index (χ0v) is 15.2. The number of nitrogens with one attached hydrogen (secondary N) is 1. The number of hydrogen-bond donors (Lipinski definition) is 1. The molecule has 2 heterocycles. The Kier molecular flexibility index (Phi) is 5.10. The van der Waals surface area contributed by atoms with Crippen molar-refractivity contribution in [3.05, 3.63) is 82.2 Å². The molecule has 0 saturated carbocycles. The van der Waals surface area contributed by atoms with E-state index < -0.39 is 5.76 Å². The molecule has 0 amide bonds. The van der Waals surface area contributed by atoms with Gasteiger partial charge in [-0.2, -0.15) is 0 Å². The van der Waals surface area contributed by atoms with Crippen LogP contribution in [0.5, 0.6) is 0 Å². The van der Waals surface area contributed by atoms with Crippen molar-refractivity contribution in [1.82, 2.24) is 9.88 Å². The number of aromatic amines is 1. The second-order valence-corrected chi connectivity index (χ2v) is 7.24. The van der Waals surface area contributed by atoms with Crippen LogP contribution in [0.25, 0.3) is 11.1 Å². The number of rotatable bonds is 5. The van der Waals surface area contributed by atoms with Crippen molar-refractivity contribution in [2.75, 3.05) is 13.1 Å². The quantitative estimate of drug-likeness (QED) is 0.734. The minimum absolute atomic E-state index is 0.170. The molecule has 1 fully saturated rings. The molecule has 0 aliphatic carbocycles. The third-order valence-corrected chi connectivity index (χ3v) is 5.24. The predicted octanol–water partition coefficient (Wildman–Crippen LogP) is 4.27. The number of nitrogens with zero attached hydrogens (tertiary/aromatic N) is 1. The van der Waals surface area contributed by atoms with Crippen molar-refractivity contribution in [1.29, 1.82) is 0 Å². The lowest BCUT2D eigenvalue weighted by Crippen LogP contribution is -2.30. The van der Waals surface area contributed by atoms with Crippen LogP contribution in [-0.4, -0.2) is 23.0 Å². The number of halogens is 1. The fourth-order valence-corrected chi connectivity index (χ4v) is 3.71. The van der Waals surface area contributed by atoms with Crippen LogP contribution in [0.1, 0.15) is 24.0 Å². The zero-order chi connectivity index (χ0) is 18.6. The summed E-state index contributed by atoms with van der Waals surface area (Å²) in [6.07, 6.45) is 8.47. The number of H-pyrrole nitrogens is 1. The van der Waals surface area contributed by atoms with Crippen molar-refractivity contribution in [3.8, 4) is 0 Å². The van der Waals surface area contributed by atoms with E-state index in [4.69, 9.17) is 4.42 Å². The van der Waals surface area contributed by atoms with Crippen molar-refractivity contribution < 1.29 is 8.81 Å². The topological polar surface area (TPSA) is 49.2 Å². The van der Waals surface area contributed by atoms with Crippen LogP contribution >= 0.6 is 0 Å². The maximum absolute atomic E-state index is 13.0. The first-order valence-corrected chi connectivity index (χ1v) is 9.42. The van der Waals surface area contributed by atoms with Gasteiger partial charge in [-0.05, 0) is 73.2 Å². The summed E-state index contributed by atoms with van der Waals surface area (Å²) in [7, 11) is 0. The Bertz CT molecular complexity index is 979. The Hall–Kier alpha value is -2.82. The van der Waals surface area contributed by atoms with Gasteiger partial charge in [-0.15, -0.1) is 0 Å². The second kappa shape index (κ2) is 7.82. The highest BCUT2D eigenvalue weighted by atomic mass is 19.1. The third-order valence-electron chi connectivity index (χ3n) is 5.24. The highest BCUT2D eigenvalue weighted by molar-refractivity contribution is 5.72. The fraction of sp³-hybridized carbons (Fsp3) is 0.318. The highest BCUT2D eigenvalue weighted by Crippen LogP contribution is 2.22. The average molecular weight is 366 g/mol. The van der Waals surface area contributed by atoms with Crippen LogP contribution < -0.4 is 5.76 Å². The van der Waals surface area contributed by atoms with Crippen LogP contribution in [0.3, 0.4) is 0 Å². The normalized spacial score (nSPS) is 15.8. The Labute approximate surface area is 157 Å². The number of allylic oxidation sites excluding steroid dienone is 1. The van der Waals surface area contributed by atoms with E-state index in [-0.39, 0.29) is 5.82 Å². The molecular weight excluding hydrogens is 343 g/mol. The maximum atomic E-state index is 13.0. The molecule has 5 heteroatoms. The van der Waals surface area contributed by atoms with Crippen LogP contribution in [0.2, 0.25) is 0 Å². The van der Waals surface area contributed by atoms with E-state index in [2.05, 4.69) is 22.2 Å². The molecule has 0 spiro atoms. The van der Waals surface area contributed by atoms with E-state index in [9.17, 15) is 9.18 Å². The molecule has 1 saturated heterocycles. The van der Waals surface area contributed by atoms with Crippen LogP contribution in [-0.2, 0) is 12.8 Å². The van der Waals surface area contributed by atoms with E-state index in [1.165, 1.54) is 5.56 Å². The molecule has 0 bridgehead atoms. The number of piperidine rings is 1. The largest absolute Gasteiger partial charge is 0.417 e. The summed E-state index contributed by atoms with van der Waals surface area (Å²) in [5.41, 5.74) is 3.67. The van der Waals surface area contributed by atoms with E-state index >= 15 is 0 Å². The summed E-state index contributed by atoms with van der Waals surface area (Å²) in [5.74, 6) is 0.0803. The molecule has 0 atom stereocenters. The maximum Gasteiger partial charge on any atom is 0.417 e. The van der Waals surface area contributed by atoms with E-state index in [1.54, 1.807) is 12.1 Å². The van der Waals surface area contributed by atoms with E-state index in [0.717, 1.165) is 49.9 Å².